The number of hydrogen-bond acceptors (Lipinski definition) is 8. The maximum absolute atomic E-state index is 13.0. The van der Waals surface area contributed by atoms with Crippen LogP contribution in [0.15, 0.2) is 85.1 Å². The van der Waals surface area contributed by atoms with E-state index in [0.29, 0.717) is 12.8 Å². The third kappa shape index (κ3) is 38.7. The molecule has 0 bridgehead atoms. The molecule has 6 N–H and O–H groups in total. The standard InChI is InChI=1S/C60H105NO8/c1-3-5-7-9-11-12-13-14-15-16-17-18-19-20-21-22-23-24-25-26-27-28-29-30-31-32-33-34-35-36-37-38-39-40-41-42-44-46-48-50-56(64)61-53(54(63)49-47-45-43-10-8-6-4-2)52-68-60-59(67)58(66)57(65)55(51-62)69-60/h5,7,11-12,14-15,17-18,20-21,23-24,26-27,53-55,57-60,62-63,65-67H,3-4,6,8-10,13,16,19,22,25,28-52H2,1-2H3,(H,61,64)/b7-5-,12-11-,15-14-,18-17-,21-20-,24-23-,27-26-. The molecule has 0 saturated carbocycles. The quantitative estimate of drug-likeness (QED) is 0.0261. The summed E-state index contributed by atoms with van der Waals surface area (Å²) in [6.07, 6.45) is 62.3. The molecular weight excluding hydrogens is 863 g/mol. The Morgan fingerprint density at radius 3 is 1.33 bits per heavy atom. The molecule has 0 aromatic heterocycles. The van der Waals surface area contributed by atoms with Gasteiger partial charge in [0.15, 0.2) is 6.29 Å². The van der Waals surface area contributed by atoms with Crippen LogP contribution in [-0.2, 0) is 14.3 Å². The number of carbonyl (C=O) groups excluding carboxylic acids is 1. The Hall–Kier alpha value is -2.63. The lowest BCUT2D eigenvalue weighted by Crippen LogP contribution is -2.60. The van der Waals surface area contributed by atoms with Gasteiger partial charge in [-0.15, -0.1) is 0 Å². The highest BCUT2D eigenvalue weighted by Gasteiger charge is 2.44. The van der Waals surface area contributed by atoms with Crippen molar-refractivity contribution in [3.63, 3.8) is 0 Å². The molecular formula is C60H105NO8. The molecule has 0 spiro atoms. The highest BCUT2D eigenvalue weighted by molar-refractivity contribution is 5.76. The van der Waals surface area contributed by atoms with Crippen molar-refractivity contribution in [2.24, 2.45) is 0 Å². The summed E-state index contributed by atoms with van der Waals surface area (Å²) in [7, 11) is 0. The van der Waals surface area contributed by atoms with Crippen LogP contribution >= 0.6 is 0 Å². The van der Waals surface area contributed by atoms with E-state index in [1.165, 1.54) is 122 Å². The number of aliphatic hydroxyl groups is 5. The summed E-state index contributed by atoms with van der Waals surface area (Å²) in [5.74, 6) is -0.150. The molecule has 0 radical (unpaired) electrons. The summed E-state index contributed by atoms with van der Waals surface area (Å²) < 4.78 is 11.2. The van der Waals surface area contributed by atoms with E-state index < -0.39 is 49.5 Å². The lowest BCUT2D eigenvalue weighted by atomic mass is 9.99. The molecule has 1 aliphatic heterocycles. The van der Waals surface area contributed by atoms with Crippen LogP contribution in [-0.4, -0.2) is 87.5 Å². The van der Waals surface area contributed by atoms with Crippen molar-refractivity contribution in [1.29, 1.82) is 0 Å². The van der Waals surface area contributed by atoms with E-state index in [-0.39, 0.29) is 12.5 Å². The molecule has 1 saturated heterocycles. The van der Waals surface area contributed by atoms with E-state index in [2.05, 4.69) is 104 Å². The van der Waals surface area contributed by atoms with Gasteiger partial charge in [-0.2, -0.15) is 0 Å². The summed E-state index contributed by atoms with van der Waals surface area (Å²) in [6, 6.07) is -0.718. The van der Waals surface area contributed by atoms with Crippen LogP contribution < -0.4 is 5.32 Å². The second kappa shape index (κ2) is 49.0. The average Bonchev–Trinajstić information content (AvgIpc) is 3.35. The number of unbranched alkanes of at least 4 members (excludes halogenated alkanes) is 23. The van der Waals surface area contributed by atoms with Crippen LogP contribution in [0.1, 0.15) is 232 Å². The van der Waals surface area contributed by atoms with Crippen molar-refractivity contribution in [3.05, 3.63) is 85.1 Å². The lowest BCUT2D eigenvalue weighted by molar-refractivity contribution is -0.302. The summed E-state index contributed by atoms with van der Waals surface area (Å²) in [5.41, 5.74) is 0. The number of nitrogens with one attached hydrogen (secondary N) is 1. The van der Waals surface area contributed by atoms with Crippen molar-refractivity contribution in [3.8, 4) is 0 Å². The molecule has 69 heavy (non-hydrogen) atoms. The molecule has 398 valence electrons. The van der Waals surface area contributed by atoms with E-state index in [1.807, 2.05) is 0 Å². The van der Waals surface area contributed by atoms with Crippen molar-refractivity contribution < 1.29 is 39.8 Å². The molecule has 0 aromatic carbocycles. The van der Waals surface area contributed by atoms with Gasteiger partial charge in [0.05, 0.1) is 25.4 Å². The van der Waals surface area contributed by atoms with E-state index >= 15 is 0 Å². The zero-order chi connectivity index (χ0) is 50.1. The Balaban J connectivity index is 2.01. The van der Waals surface area contributed by atoms with Crippen LogP contribution in [0.5, 0.6) is 0 Å². The van der Waals surface area contributed by atoms with Gasteiger partial charge >= 0.3 is 0 Å². The van der Waals surface area contributed by atoms with E-state index in [9.17, 15) is 30.3 Å². The molecule has 9 heteroatoms. The first kappa shape index (κ1) is 64.4. The molecule has 1 heterocycles. The van der Waals surface area contributed by atoms with Gasteiger partial charge < -0.3 is 40.3 Å². The molecule has 1 rings (SSSR count). The summed E-state index contributed by atoms with van der Waals surface area (Å²) >= 11 is 0. The maximum Gasteiger partial charge on any atom is 0.220 e. The van der Waals surface area contributed by atoms with Crippen molar-refractivity contribution in [2.45, 2.75) is 275 Å². The lowest BCUT2D eigenvalue weighted by Gasteiger charge is -2.40. The van der Waals surface area contributed by atoms with E-state index in [1.54, 1.807) is 0 Å². The Bertz CT molecular complexity index is 1350. The molecule has 0 aliphatic carbocycles. The monoisotopic (exact) mass is 968 g/mol. The SMILES string of the molecule is CC/C=C\C/C=C\C/C=C\C/C=C\C/C=C\C/C=C\C/C=C\CCCCCCCCCCCCCCCCCCCC(=O)NC(COC1OC(CO)C(O)C(O)C1O)C(O)CCCCCCCCC. The molecule has 7 unspecified atom stereocenters. The Kier molecular flexibility index (Phi) is 45.7. The van der Waals surface area contributed by atoms with Gasteiger partial charge in [0.25, 0.3) is 0 Å². The minimum Gasteiger partial charge on any atom is -0.394 e. The summed E-state index contributed by atoms with van der Waals surface area (Å²) in [5, 5.41) is 54.2. The predicted octanol–water partition coefficient (Wildman–Crippen LogP) is 13.8. The molecule has 1 fully saturated rings. The topological polar surface area (TPSA) is 149 Å². The number of aliphatic hydroxyl groups excluding tert-OH is 5. The number of hydrogen-bond donors (Lipinski definition) is 6. The average molecular weight is 968 g/mol. The molecule has 0 aromatic rings. The summed E-state index contributed by atoms with van der Waals surface area (Å²) in [6.45, 7) is 3.66. The van der Waals surface area contributed by atoms with Gasteiger partial charge in [0.2, 0.25) is 5.91 Å². The first-order valence-electron chi connectivity index (χ1n) is 28.3. The Morgan fingerprint density at radius 1 is 0.507 bits per heavy atom. The fourth-order valence-electron chi connectivity index (χ4n) is 8.55. The number of carbonyl (C=O) groups is 1. The van der Waals surface area contributed by atoms with Crippen LogP contribution in [0.4, 0.5) is 0 Å². The molecule has 9 nitrogen and oxygen atoms in total. The van der Waals surface area contributed by atoms with Gasteiger partial charge in [-0.05, 0) is 70.6 Å². The van der Waals surface area contributed by atoms with Crippen LogP contribution in [0.3, 0.4) is 0 Å². The van der Waals surface area contributed by atoms with Crippen molar-refractivity contribution >= 4 is 5.91 Å². The van der Waals surface area contributed by atoms with Crippen molar-refractivity contribution in [1.82, 2.24) is 5.32 Å². The Morgan fingerprint density at radius 2 is 0.899 bits per heavy atom. The minimum atomic E-state index is -1.55. The molecule has 1 aliphatic rings. The third-order valence-corrected chi connectivity index (χ3v) is 13.0. The van der Waals surface area contributed by atoms with Crippen LogP contribution in [0.25, 0.3) is 0 Å². The maximum atomic E-state index is 13.0. The number of ether oxygens (including phenoxy) is 2. The molecule has 1 amide bonds. The predicted molar refractivity (Wildman–Crippen MR) is 290 cm³/mol. The number of allylic oxidation sites excluding steroid dienone is 14. The third-order valence-electron chi connectivity index (χ3n) is 13.0. The van der Waals surface area contributed by atoms with Crippen molar-refractivity contribution in [2.75, 3.05) is 13.2 Å². The Labute approximate surface area is 422 Å². The fourth-order valence-corrected chi connectivity index (χ4v) is 8.55. The van der Waals surface area contributed by atoms with Gasteiger partial charge in [-0.3, -0.25) is 4.79 Å². The minimum absolute atomic E-state index is 0.140. The van der Waals surface area contributed by atoms with Gasteiger partial charge in [0.1, 0.15) is 24.4 Å². The molecule has 7 atom stereocenters. The zero-order valence-corrected chi connectivity index (χ0v) is 44.0. The zero-order valence-electron chi connectivity index (χ0n) is 44.0. The van der Waals surface area contributed by atoms with E-state index in [0.717, 1.165) is 83.5 Å². The van der Waals surface area contributed by atoms with Crippen LogP contribution in [0.2, 0.25) is 0 Å². The second-order valence-corrected chi connectivity index (χ2v) is 19.4. The van der Waals surface area contributed by atoms with Gasteiger partial charge in [0, 0.05) is 6.42 Å². The normalized spacial score (nSPS) is 20.1. The smallest absolute Gasteiger partial charge is 0.220 e. The highest BCUT2D eigenvalue weighted by atomic mass is 16.7. The highest BCUT2D eigenvalue weighted by Crippen LogP contribution is 2.23. The van der Waals surface area contributed by atoms with Gasteiger partial charge in [-0.1, -0.05) is 240 Å². The number of rotatable bonds is 47. The number of amides is 1. The second-order valence-electron chi connectivity index (χ2n) is 19.4. The van der Waals surface area contributed by atoms with E-state index in [4.69, 9.17) is 9.47 Å². The first-order chi connectivity index (χ1) is 33.8. The first-order valence-corrected chi connectivity index (χ1v) is 28.3. The van der Waals surface area contributed by atoms with Gasteiger partial charge in [-0.25, -0.2) is 0 Å². The summed E-state index contributed by atoms with van der Waals surface area (Å²) in [4.78, 5) is 13.0. The largest absolute Gasteiger partial charge is 0.394 e. The fraction of sp³-hybridized carbons (Fsp3) is 0.750. The van der Waals surface area contributed by atoms with Crippen LogP contribution in [0, 0.1) is 0 Å².